The van der Waals surface area contributed by atoms with Crippen LogP contribution >= 0.6 is 0 Å². The molecule has 2 saturated heterocycles. The van der Waals surface area contributed by atoms with Gasteiger partial charge in [0.1, 0.15) is 6.04 Å². The highest BCUT2D eigenvalue weighted by Gasteiger charge is 2.41. The van der Waals surface area contributed by atoms with Gasteiger partial charge >= 0.3 is 28.3 Å². The van der Waals surface area contributed by atoms with Crippen molar-refractivity contribution >= 4 is 40.1 Å². The van der Waals surface area contributed by atoms with Crippen LogP contribution in [0, 0.1) is 0 Å². The van der Waals surface area contributed by atoms with Crippen LogP contribution in [0.25, 0.3) is 0 Å². The van der Waals surface area contributed by atoms with Crippen molar-refractivity contribution in [2.24, 2.45) is 5.73 Å². The molecule has 1 unspecified atom stereocenters. The van der Waals surface area contributed by atoms with Crippen molar-refractivity contribution in [2.75, 3.05) is 19.6 Å². The van der Waals surface area contributed by atoms with Crippen LogP contribution < -0.4 is 20.6 Å². The lowest BCUT2D eigenvalue weighted by Crippen LogP contribution is -2.66. The second-order valence-corrected chi connectivity index (χ2v) is 8.02. The SMILES string of the molecule is NC1CN(C(=O)NS(=O)(=O)NC(=O)N2CCN(NC(=O)c3ccc(O)c(O)c3)C2=O)C1=O. The first-order chi connectivity index (χ1) is 14.9. The number of aromatic hydroxyl groups is 2. The predicted molar refractivity (Wildman–Crippen MR) is 102 cm³/mol. The lowest BCUT2D eigenvalue weighted by atomic mass is 10.1. The van der Waals surface area contributed by atoms with Gasteiger partial charge in [0.25, 0.3) is 5.91 Å². The van der Waals surface area contributed by atoms with E-state index in [0.29, 0.717) is 9.80 Å². The highest BCUT2D eigenvalue weighted by molar-refractivity contribution is 7.88. The van der Waals surface area contributed by atoms with Gasteiger partial charge in [-0.3, -0.25) is 19.9 Å². The highest BCUT2D eigenvalue weighted by atomic mass is 32.2. The third kappa shape index (κ3) is 4.47. The Balaban J connectivity index is 1.57. The number of nitrogens with one attached hydrogen (secondary N) is 3. The molecule has 1 aromatic carbocycles. The molecule has 0 aliphatic carbocycles. The average molecular weight is 471 g/mol. The van der Waals surface area contributed by atoms with E-state index in [1.807, 2.05) is 0 Å². The van der Waals surface area contributed by atoms with E-state index in [9.17, 15) is 42.6 Å². The molecule has 0 spiro atoms. The smallest absolute Gasteiger partial charge is 0.347 e. The molecule has 7 N–H and O–H groups in total. The molecule has 2 aliphatic rings. The number of imide groups is 2. The van der Waals surface area contributed by atoms with Gasteiger partial charge in [0.2, 0.25) is 5.91 Å². The van der Waals surface area contributed by atoms with Crippen LogP contribution in [0.15, 0.2) is 18.2 Å². The average Bonchev–Trinajstić information content (AvgIpc) is 3.07. The monoisotopic (exact) mass is 471 g/mol. The maximum Gasteiger partial charge on any atom is 0.347 e. The van der Waals surface area contributed by atoms with Gasteiger partial charge in [-0.15, -0.1) is 0 Å². The largest absolute Gasteiger partial charge is 0.504 e. The van der Waals surface area contributed by atoms with E-state index in [-0.39, 0.29) is 25.2 Å². The Morgan fingerprint density at radius 3 is 2.19 bits per heavy atom. The van der Waals surface area contributed by atoms with Gasteiger partial charge in [0.15, 0.2) is 11.5 Å². The predicted octanol–water partition coefficient (Wildman–Crippen LogP) is -2.69. The molecular weight excluding hydrogens is 454 g/mol. The van der Waals surface area contributed by atoms with Crippen molar-refractivity contribution in [3.8, 4) is 11.5 Å². The summed E-state index contributed by atoms with van der Waals surface area (Å²) in [4.78, 5) is 60.8. The fraction of sp³-hybridized carbons (Fsp3) is 0.267. The summed E-state index contributed by atoms with van der Waals surface area (Å²) in [6.45, 7) is -0.713. The van der Waals surface area contributed by atoms with Gasteiger partial charge in [0.05, 0.1) is 19.6 Å². The number of carbonyl (C=O) groups is 5. The van der Waals surface area contributed by atoms with E-state index in [4.69, 9.17) is 5.73 Å². The molecule has 1 aromatic rings. The Hall–Kier alpha value is -4.12. The molecule has 32 heavy (non-hydrogen) atoms. The Bertz CT molecular complexity index is 1120. The summed E-state index contributed by atoms with van der Waals surface area (Å²) in [5, 5.41) is 19.4. The van der Waals surface area contributed by atoms with Crippen LogP contribution in [-0.2, 0) is 15.0 Å². The minimum absolute atomic E-state index is 0.110. The van der Waals surface area contributed by atoms with Crippen LogP contribution in [0.5, 0.6) is 11.5 Å². The number of nitrogens with two attached hydrogens (primary N) is 1. The normalized spacial score (nSPS) is 18.3. The van der Waals surface area contributed by atoms with Crippen molar-refractivity contribution in [3.05, 3.63) is 23.8 Å². The number of phenolic OH excluding ortho intramolecular Hbond substituents is 2. The lowest BCUT2D eigenvalue weighted by molar-refractivity contribution is -0.137. The van der Waals surface area contributed by atoms with Crippen LogP contribution in [0.4, 0.5) is 14.4 Å². The van der Waals surface area contributed by atoms with E-state index in [1.54, 1.807) is 0 Å². The number of hydrogen-bond donors (Lipinski definition) is 6. The molecule has 8 amide bonds. The molecule has 2 aliphatic heterocycles. The number of amides is 8. The van der Waals surface area contributed by atoms with E-state index in [0.717, 1.165) is 17.1 Å². The van der Waals surface area contributed by atoms with Gasteiger partial charge in [-0.25, -0.2) is 33.7 Å². The number of urea groups is 3. The molecule has 0 radical (unpaired) electrons. The number of hydrogen-bond acceptors (Lipinski definition) is 10. The molecule has 1 atom stereocenters. The number of phenols is 2. The summed E-state index contributed by atoms with van der Waals surface area (Å²) in [6.07, 6.45) is 0. The minimum atomic E-state index is -4.78. The van der Waals surface area contributed by atoms with Crippen LogP contribution in [0.3, 0.4) is 0 Å². The summed E-state index contributed by atoms with van der Waals surface area (Å²) >= 11 is 0. The van der Waals surface area contributed by atoms with Gasteiger partial charge in [-0.05, 0) is 18.2 Å². The Labute approximate surface area is 179 Å². The van der Waals surface area contributed by atoms with Crippen LogP contribution in [0.2, 0.25) is 0 Å². The van der Waals surface area contributed by atoms with E-state index in [2.05, 4.69) is 5.43 Å². The molecule has 0 saturated carbocycles. The second kappa shape index (κ2) is 8.19. The molecule has 2 fully saturated rings. The van der Waals surface area contributed by atoms with Gasteiger partial charge in [-0.2, -0.15) is 8.42 Å². The summed E-state index contributed by atoms with van der Waals surface area (Å²) in [5.74, 6) is -2.68. The standard InChI is InChI=1S/C15H17N7O9S/c16-8-6-21(12(8)26)14(28)19-32(30,31)18-13(27)20-3-4-22(15(20)29)17-11(25)7-1-2-9(23)10(24)5-7/h1-2,5,8,23-24H,3-4,6,16H2,(H,17,25)(H,18,27)(H,19,28). The zero-order valence-corrected chi connectivity index (χ0v) is 16.8. The molecule has 172 valence electrons. The fourth-order valence-electron chi connectivity index (χ4n) is 2.68. The molecule has 0 aromatic heterocycles. The molecule has 16 nitrogen and oxygen atoms in total. The number of benzene rings is 1. The molecule has 0 bridgehead atoms. The summed E-state index contributed by atoms with van der Waals surface area (Å²) in [5.41, 5.74) is 7.35. The Morgan fingerprint density at radius 1 is 1.00 bits per heavy atom. The molecule has 17 heteroatoms. The van der Waals surface area contributed by atoms with Crippen molar-refractivity contribution in [3.63, 3.8) is 0 Å². The summed E-state index contributed by atoms with van der Waals surface area (Å²) in [6, 6.07) is -1.58. The first-order valence-electron chi connectivity index (χ1n) is 8.77. The van der Waals surface area contributed by atoms with Crippen LogP contribution in [0.1, 0.15) is 10.4 Å². The van der Waals surface area contributed by atoms with E-state index < -0.39 is 57.7 Å². The van der Waals surface area contributed by atoms with Crippen molar-refractivity contribution in [1.82, 2.24) is 29.7 Å². The highest BCUT2D eigenvalue weighted by Crippen LogP contribution is 2.24. The lowest BCUT2D eigenvalue weighted by Gasteiger charge is -2.33. The number of rotatable bonds is 4. The number of β-lactam (4-membered cyclic amide) rings is 1. The van der Waals surface area contributed by atoms with Crippen LogP contribution in [-0.4, -0.2) is 89.0 Å². The number of carbonyl (C=O) groups excluding carboxylic acids is 5. The van der Waals surface area contributed by atoms with Gasteiger partial charge < -0.3 is 15.9 Å². The number of nitrogens with zero attached hydrogens (tertiary/aromatic N) is 3. The summed E-state index contributed by atoms with van der Waals surface area (Å²) in [7, 11) is -4.78. The van der Waals surface area contributed by atoms with Gasteiger partial charge in [-0.1, -0.05) is 0 Å². The van der Waals surface area contributed by atoms with E-state index >= 15 is 0 Å². The van der Waals surface area contributed by atoms with Crippen molar-refractivity contribution in [2.45, 2.75) is 6.04 Å². The number of likely N-dealkylation sites (tertiary alicyclic amines) is 1. The zero-order chi connectivity index (χ0) is 23.8. The van der Waals surface area contributed by atoms with Crippen molar-refractivity contribution in [1.29, 1.82) is 0 Å². The Kier molecular flexibility index (Phi) is 5.78. The first kappa shape index (κ1) is 22.6. The molecular formula is C15H17N7O9S. The van der Waals surface area contributed by atoms with Crippen molar-refractivity contribution < 1.29 is 42.6 Å². The Morgan fingerprint density at radius 2 is 1.62 bits per heavy atom. The summed E-state index contributed by atoms with van der Waals surface area (Å²) < 4.78 is 26.8. The maximum atomic E-state index is 12.3. The third-order valence-corrected chi connectivity index (χ3v) is 5.27. The quantitative estimate of drug-likeness (QED) is 0.197. The molecule has 3 rings (SSSR count). The zero-order valence-electron chi connectivity index (χ0n) is 16.0. The fourth-order valence-corrected chi connectivity index (χ4v) is 3.41. The van der Waals surface area contributed by atoms with Gasteiger partial charge in [0, 0.05) is 5.56 Å². The molecule has 2 heterocycles. The first-order valence-corrected chi connectivity index (χ1v) is 10.3. The maximum absolute atomic E-state index is 12.3. The number of hydrazine groups is 1. The second-order valence-electron chi connectivity index (χ2n) is 6.60. The van der Waals surface area contributed by atoms with E-state index in [1.165, 1.54) is 15.5 Å². The third-order valence-electron chi connectivity index (χ3n) is 4.38. The topological polar surface area (TPSA) is 232 Å². The minimum Gasteiger partial charge on any atom is -0.504 e.